The van der Waals surface area contributed by atoms with E-state index in [4.69, 9.17) is 66.3 Å². The zero-order valence-corrected chi connectivity index (χ0v) is 44.3. The Morgan fingerprint density at radius 2 is 0.935 bits per heavy atom. The van der Waals surface area contributed by atoms with Gasteiger partial charge in [0.2, 0.25) is 17.7 Å². The minimum atomic E-state index is -1.08. The fourth-order valence-electron chi connectivity index (χ4n) is 7.24. The molecule has 432 valence electrons. The molecule has 2 aromatic rings. The Kier molecular flexibility index (Phi) is 35.9. The third-order valence-corrected chi connectivity index (χ3v) is 11.1. The van der Waals surface area contributed by atoms with Crippen LogP contribution >= 0.6 is 0 Å². The van der Waals surface area contributed by atoms with Crippen LogP contribution in [0.25, 0.3) is 0 Å². The smallest absolute Gasteiger partial charge is 0.407 e. The fourth-order valence-corrected chi connectivity index (χ4v) is 7.24. The second kappa shape index (κ2) is 42.9. The number of alkyl carbamates (subject to hydrolysis) is 1. The van der Waals surface area contributed by atoms with Crippen molar-refractivity contribution in [2.45, 2.75) is 51.2 Å². The molecular weight excluding hydrogens is 1010 g/mol. The summed E-state index contributed by atoms with van der Waals surface area (Å²) in [5, 5.41) is 7.55. The highest BCUT2D eigenvalue weighted by Crippen LogP contribution is 2.32. The quantitative estimate of drug-likeness (QED) is 0.0635. The summed E-state index contributed by atoms with van der Waals surface area (Å²) in [6, 6.07) is 13.0. The molecule has 2 aliphatic heterocycles. The van der Waals surface area contributed by atoms with Crippen molar-refractivity contribution in [3.05, 3.63) is 65.2 Å². The van der Waals surface area contributed by atoms with Crippen LogP contribution in [0.15, 0.2) is 48.5 Å². The van der Waals surface area contributed by atoms with E-state index in [1.807, 2.05) is 30.3 Å². The van der Waals surface area contributed by atoms with E-state index in [1.165, 1.54) is 6.07 Å². The molecule has 0 spiro atoms. The van der Waals surface area contributed by atoms with E-state index in [-0.39, 0.29) is 48.6 Å². The zero-order valence-electron chi connectivity index (χ0n) is 44.3. The molecule has 1 atom stereocenters. The van der Waals surface area contributed by atoms with Crippen molar-refractivity contribution in [3.8, 4) is 0 Å². The van der Waals surface area contributed by atoms with Crippen LogP contribution in [0.3, 0.4) is 0 Å². The summed E-state index contributed by atoms with van der Waals surface area (Å²) >= 11 is 0. The average molecular weight is 1090 g/mol. The number of piperidine rings is 1. The van der Waals surface area contributed by atoms with Crippen LogP contribution in [0.1, 0.15) is 64.8 Å². The van der Waals surface area contributed by atoms with Crippen LogP contribution in [0.4, 0.5) is 10.5 Å². The maximum Gasteiger partial charge on any atom is 0.407 e. The van der Waals surface area contributed by atoms with E-state index in [1.54, 1.807) is 12.1 Å². The van der Waals surface area contributed by atoms with E-state index in [2.05, 4.69) is 16.0 Å². The summed E-state index contributed by atoms with van der Waals surface area (Å²) in [6.07, 6.45) is 1.93. The molecule has 1 saturated heterocycles. The number of carbonyl (C=O) groups is 6. The summed E-state index contributed by atoms with van der Waals surface area (Å²) in [4.78, 5) is 75.4. The fraction of sp³-hybridized carbons (Fsp3) is 0.660. The molecule has 2 heterocycles. The molecule has 2 aliphatic rings. The first-order chi connectivity index (χ1) is 37.8. The van der Waals surface area contributed by atoms with Crippen molar-refractivity contribution in [1.29, 1.82) is 0 Å². The second-order valence-electron chi connectivity index (χ2n) is 17.0. The number of amides is 6. The Morgan fingerprint density at radius 1 is 0.494 bits per heavy atom. The molecule has 0 aliphatic carbocycles. The van der Waals surface area contributed by atoms with Crippen LogP contribution in [0.2, 0.25) is 0 Å². The van der Waals surface area contributed by atoms with Crippen LogP contribution in [-0.2, 0) is 87.3 Å². The van der Waals surface area contributed by atoms with E-state index < -0.39 is 35.8 Å². The zero-order chi connectivity index (χ0) is 54.6. The first-order valence-corrected chi connectivity index (χ1v) is 26.4. The van der Waals surface area contributed by atoms with Gasteiger partial charge in [-0.05, 0) is 37.0 Å². The molecule has 3 N–H and O–H groups in total. The summed E-state index contributed by atoms with van der Waals surface area (Å²) in [7, 11) is 0. The van der Waals surface area contributed by atoms with Gasteiger partial charge in [0.15, 0.2) is 0 Å². The molecule has 1 fully saturated rings. The van der Waals surface area contributed by atoms with Gasteiger partial charge in [-0.3, -0.25) is 34.2 Å². The lowest BCUT2D eigenvalue weighted by molar-refractivity contribution is -0.136. The number of fused-ring (bicyclic) bond motifs is 1. The highest BCUT2D eigenvalue weighted by Gasteiger charge is 2.45. The Bertz CT molecular complexity index is 1950. The number of hydrogen-bond donors (Lipinski definition) is 3. The lowest BCUT2D eigenvalue weighted by atomic mass is 10.0. The topological polar surface area (TPSA) is 271 Å². The van der Waals surface area contributed by atoms with E-state index >= 15 is 0 Å². The maximum absolute atomic E-state index is 13.2. The minimum Gasteiger partial charge on any atom is -0.445 e. The Hall–Kier alpha value is -5.06. The molecule has 24 nitrogen and oxygen atoms in total. The number of nitrogens with zero attached hydrogens (tertiary/aromatic N) is 1. The summed E-state index contributed by atoms with van der Waals surface area (Å²) in [5.41, 5.74) is 1.29. The van der Waals surface area contributed by atoms with Gasteiger partial charge >= 0.3 is 6.09 Å². The lowest BCUT2D eigenvalue weighted by Gasteiger charge is -2.27. The second-order valence-corrected chi connectivity index (χ2v) is 17.0. The van der Waals surface area contributed by atoms with Gasteiger partial charge in [-0.15, -0.1) is 0 Å². The van der Waals surface area contributed by atoms with Gasteiger partial charge in [0.25, 0.3) is 11.8 Å². The average Bonchev–Trinajstić information content (AvgIpc) is 3.71. The molecule has 0 aromatic heterocycles. The number of anilines is 1. The lowest BCUT2D eigenvalue weighted by Crippen LogP contribution is -2.54. The number of carbonyl (C=O) groups excluding carboxylic acids is 6. The van der Waals surface area contributed by atoms with E-state index in [0.29, 0.717) is 185 Å². The van der Waals surface area contributed by atoms with Crippen LogP contribution in [-0.4, -0.2) is 225 Å². The normalized spacial score (nSPS) is 14.3. The highest BCUT2D eigenvalue weighted by atomic mass is 16.6. The molecule has 1 unspecified atom stereocenters. The maximum atomic E-state index is 13.2. The van der Waals surface area contributed by atoms with Crippen LogP contribution < -0.4 is 16.0 Å². The molecule has 24 heteroatoms. The molecule has 0 saturated carbocycles. The molecule has 0 bridgehead atoms. The third kappa shape index (κ3) is 29.5. The van der Waals surface area contributed by atoms with Gasteiger partial charge in [-0.25, -0.2) is 4.79 Å². The van der Waals surface area contributed by atoms with Gasteiger partial charge < -0.3 is 76.9 Å². The van der Waals surface area contributed by atoms with Crippen molar-refractivity contribution < 1.29 is 95.1 Å². The van der Waals surface area contributed by atoms with Gasteiger partial charge in [-0.1, -0.05) is 42.8 Å². The predicted octanol–water partition coefficient (Wildman–Crippen LogP) is 2.73. The monoisotopic (exact) mass is 1090 g/mol. The first-order valence-electron chi connectivity index (χ1n) is 26.4. The minimum absolute atomic E-state index is 0.0229. The number of hydrogen-bond acceptors (Lipinski definition) is 20. The number of nitrogens with one attached hydrogen (secondary N) is 3. The molecule has 2 aromatic carbocycles. The van der Waals surface area contributed by atoms with Crippen LogP contribution in [0, 0.1) is 0 Å². The Balaban J connectivity index is 0.762. The Morgan fingerprint density at radius 3 is 1.39 bits per heavy atom. The summed E-state index contributed by atoms with van der Waals surface area (Å²) in [6.45, 7) is 12.3. The predicted molar refractivity (Wildman–Crippen MR) is 275 cm³/mol. The number of ether oxygens (including phenoxy) is 14. The molecule has 0 radical (unpaired) electrons. The van der Waals surface area contributed by atoms with Crippen molar-refractivity contribution in [2.75, 3.05) is 184 Å². The van der Waals surface area contributed by atoms with Crippen molar-refractivity contribution in [3.63, 3.8) is 0 Å². The standard InChI is InChI=1S/C53H80N4O20/c58-47(55-45-11-7-10-44-49(45)52(62)57(51(44)61)46-13-14-48(59)56-50(46)60)12-5-2-6-16-64-18-20-66-22-24-68-26-28-70-30-32-72-34-36-74-38-40-76-41-39-75-37-35-73-33-31-71-29-27-69-25-23-67-21-19-65-17-15-54-53(63)77-42-43-8-3-1-4-9-43/h1,3-4,7-11,46H,2,5-6,12-42H2,(H,54,63)(H,55,58)(H,56,59,60). The molecule has 6 amide bonds. The van der Waals surface area contributed by atoms with E-state index in [9.17, 15) is 28.8 Å². The van der Waals surface area contributed by atoms with Crippen molar-refractivity contribution in [2.24, 2.45) is 0 Å². The number of unbranched alkanes of at least 4 members (excludes halogenated alkanes) is 2. The summed E-state index contributed by atoms with van der Waals surface area (Å²) in [5.74, 6) is -2.74. The van der Waals surface area contributed by atoms with Crippen molar-refractivity contribution >= 4 is 41.3 Å². The van der Waals surface area contributed by atoms with Crippen molar-refractivity contribution in [1.82, 2.24) is 15.5 Å². The van der Waals surface area contributed by atoms with Gasteiger partial charge in [0, 0.05) is 26.0 Å². The van der Waals surface area contributed by atoms with Crippen LogP contribution in [0.5, 0.6) is 0 Å². The largest absolute Gasteiger partial charge is 0.445 e. The number of benzene rings is 2. The molecular formula is C53H80N4O20. The molecule has 4 rings (SSSR count). The van der Waals surface area contributed by atoms with Gasteiger partial charge in [0.05, 0.1) is 182 Å². The highest BCUT2D eigenvalue weighted by molar-refractivity contribution is 6.26. The Labute approximate surface area is 450 Å². The van der Waals surface area contributed by atoms with E-state index in [0.717, 1.165) is 23.3 Å². The number of rotatable bonds is 49. The van der Waals surface area contributed by atoms with Gasteiger partial charge in [-0.2, -0.15) is 0 Å². The molecule has 77 heavy (non-hydrogen) atoms. The SMILES string of the molecule is O=C1CCC(N2C(=O)c3cccc(NC(=O)CCCCCOCCOCCOCCOCCOCCOCCOCCOCCOCCOCCOCCOCCOCCNC(=O)OCc4ccccc4)c3C2=O)C(=O)N1. The number of imide groups is 2. The third-order valence-electron chi connectivity index (χ3n) is 11.1. The summed E-state index contributed by atoms with van der Waals surface area (Å²) < 4.78 is 76.8. The van der Waals surface area contributed by atoms with Gasteiger partial charge in [0.1, 0.15) is 12.6 Å². The first kappa shape index (κ1) is 64.5.